The number of unbranched alkanes of at least 4 members (excludes halogenated alkanes) is 3. The van der Waals surface area contributed by atoms with Gasteiger partial charge in [-0.2, -0.15) is 0 Å². The van der Waals surface area contributed by atoms with Crippen LogP contribution in [-0.4, -0.2) is 36.3 Å². The van der Waals surface area contributed by atoms with E-state index in [-0.39, 0.29) is 0 Å². The number of halogens is 1. The van der Waals surface area contributed by atoms with E-state index in [4.69, 9.17) is 22.4 Å². The first kappa shape index (κ1) is 22.8. The summed E-state index contributed by atoms with van der Waals surface area (Å²) in [5.41, 5.74) is 7.17. The fraction of sp³-hybridized carbons (Fsp3) is 0.571. The third-order valence-electron chi connectivity index (χ3n) is 4.11. The van der Waals surface area contributed by atoms with Gasteiger partial charge in [0.05, 0.1) is 10.5 Å². The van der Waals surface area contributed by atoms with Gasteiger partial charge in [0.15, 0.2) is 0 Å². The molecule has 0 unspecified atom stereocenters. The maximum absolute atomic E-state index is 8.33. The average molecular weight is 380 g/mol. The van der Waals surface area contributed by atoms with Crippen molar-refractivity contribution < 1.29 is 5.11 Å². The van der Waals surface area contributed by atoms with Crippen molar-refractivity contribution in [1.82, 2.24) is 10.3 Å². The van der Waals surface area contributed by atoms with Crippen molar-refractivity contribution in [1.29, 1.82) is 0 Å². The standard InChI is InChI=1S/C10H8ClN.C6H15NO.C5H11N/c1-7-6-9(11)8-4-2-3-5-10(8)12-7;7-5-3-1-2-4-6-8;1-2-4-6-5-3-1/h2-6H,1H3;8H,1-7H2;6H,1-5H2. The van der Waals surface area contributed by atoms with Crippen molar-refractivity contribution in [3.8, 4) is 0 Å². The summed E-state index contributed by atoms with van der Waals surface area (Å²) in [7, 11) is 0. The van der Waals surface area contributed by atoms with Gasteiger partial charge in [0.2, 0.25) is 0 Å². The lowest BCUT2D eigenvalue weighted by atomic mass is 10.2. The Labute approximate surface area is 163 Å². The molecule has 0 aliphatic carbocycles. The van der Waals surface area contributed by atoms with E-state index >= 15 is 0 Å². The van der Waals surface area contributed by atoms with E-state index in [1.165, 1.54) is 32.4 Å². The van der Waals surface area contributed by atoms with Gasteiger partial charge < -0.3 is 16.2 Å². The molecule has 1 aromatic heterocycles. The van der Waals surface area contributed by atoms with Crippen molar-refractivity contribution in [2.24, 2.45) is 5.73 Å². The normalized spacial score (nSPS) is 13.4. The Morgan fingerprint density at radius 2 is 1.77 bits per heavy atom. The van der Waals surface area contributed by atoms with Crippen LogP contribution >= 0.6 is 11.6 Å². The van der Waals surface area contributed by atoms with E-state index in [1.54, 1.807) is 0 Å². The Hall–Kier alpha value is -1.20. The quantitative estimate of drug-likeness (QED) is 0.671. The van der Waals surface area contributed by atoms with Gasteiger partial charge in [0, 0.05) is 17.7 Å². The number of hydrogen-bond donors (Lipinski definition) is 3. The molecule has 0 amide bonds. The Morgan fingerprint density at radius 3 is 2.35 bits per heavy atom. The average Bonchev–Trinajstić information content (AvgIpc) is 2.68. The molecule has 0 spiro atoms. The number of aryl methyl sites for hydroxylation is 1. The zero-order valence-electron chi connectivity index (χ0n) is 16.0. The van der Waals surface area contributed by atoms with E-state index in [2.05, 4.69) is 10.3 Å². The highest BCUT2D eigenvalue weighted by Crippen LogP contribution is 2.22. The molecule has 4 N–H and O–H groups in total. The molecule has 5 heteroatoms. The van der Waals surface area contributed by atoms with Crippen LogP contribution in [0, 0.1) is 6.92 Å². The summed E-state index contributed by atoms with van der Waals surface area (Å²) >= 11 is 6.02. The lowest BCUT2D eigenvalue weighted by Crippen LogP contribution is -2.21. The Balaban J connectivity index is 0.000000210. The number of nitrogens with one attached hydrogen (secondary N) is 1. The second-order valence-electron chi connectivity index (χ2n) is 6.50. The lowest BCUT2D eigenvalue weighted by molar-refractivity contribution is 0.282. The van der Waals surface area contributed by atoms with Crippen LogP contribution in [0.3, 0.4) is 0 Å². The highest BCUT2D eigenvalue weighted by atomic mass is 35.5. The van der Waals surface area contributed by atoms with Crippen LogP contribution in [0.2, 0.25) is 5.02 Å². The maximum atomic E-state index is 8.33. The summed E-state index contributed by atoms with van der Waals surface area (Å²) < 4.78 is 0. The van der Waals surface area contributed by atoms with Gasteiger partial charge in [-0.25, -0.2) is 0 Å². The minimum Gasteiger partial charge on any atom is -0.396 e. The van der Waals surface area contributed by atoms with Gasteiger partial charge in [-0.1, -0.05) is 49.1 Å². The van der Waals surface area contributed by atoms with Crippen molar-refractivity contribution in [3.63, 3.8) is 0 Å². The summed E-state index contributed by atoms with van der Waals surface area (Å²) in [6.07, 6.45) is 8.53. The van der Waals surface area contributed by atoms with Gasteiger partial charge >= 0.3 is 0 Å². The largest absolute Gasteiger partial charge is 0.396 e. The van der Waals surface area contributed by atoms with E-state index in [0.29, 0.717) is 6.61 Å². The molecule has 2 heterocycles. The van der Waals surface area contributed by atoms with Crippen LogP contribution in [0.5, 0.6) is 0 Å². The van der Waals surface area contributed by atoms with Gasteiger partial charge in [0.1, 0.15) is 0 Å². The summed E-state index contributed by atoms with van der Waals surface area (Å²) in [5, 5.41) is 13.4. The molecule has 1 aliphatic heterocycles. The molecule has 0 radical (unpaired) electrons. The maximum Gasteiger partial charge on any atom is 0.0720 e. The minimum absolute atomic E-state index is 0.324. The highest BCUT2D eigenvalue weighted by Gasteiger charge is 1.99. The Bertz CT molecular complexity index is 585. The van der Waals surface area contributed by atoms with Crippen LogP contribution in [0.4, 0.5) is 0 Å². The molecular formula is C21H34ClN3O. The number of rotatable bonds is 5. The summed E-state index contributed by atoms with van der Waals surface area (Å²) in [4.78, 5) is 4.35. The van der Waals surface area contributed by atoms with Gasteiger partial charge in [0.25, 0.3) is 0 Å². The summed E-state index contributed by atoms with van der Waals surface area (Å²) in [5.74, 6) is 0. The lowest BCUT2D eigenvalue weighted by Gasteiger charge is -2.08. The molecule has 1 aromatic carbocycles. The molecule has 3 rings (SSSR count). The predicted octanol–water partition coefficient (Wildman–Crippen LogP) is 4.45. The van der Waals surface area contributed by atoms with E-state index < -0.39 is 0 Å². The van der Waals surface area contributed by atoms with E-state index in [0.717, 1.165) is 53.8 Å². The molecule has 1 fully saturated rings. The molecular weight excluding hydrogens is 346 g/mol. The fourth-order valence-electron chi connectivity index (χ4n) is 2.67. The molecule has 0 bridgehead atoms. The Kier molecular flexibility index (Phi) is 13.1. The third kappa shape index (κ3) is 10.1. The number of aliphatic hydroxyl groups excluding tert-OH is 1. The topological polar surface area (TPSA) is 71.2 Å². The minimum atomic E-state index is 0.324. The van der Waals surface area contributed by atoms with Crippen LogP contribution in [-0.2, 0) is 0 Å². The molecule has 0 atom stereocenters. The number of aromatic nitrogens is 1. The first-order valence-electron chi connectivity index (χ1n) is 9.72. The van der Waals surface area contributed by atoms with Gasteiger partial charge in [-0.15, -0.1) is 0 Å². The van der Waals surface area contributed by atoms with Crippen LogP contribution in [0.15, 0.2) is 30.3 Å². The molecule has 146 valence electrons. The zero-order chi connectivity index (χ0) is 19.0. The third-order valence-corrected chi connectivity index (χ3v) is 4.43. The molecule has 4 nitrogen and oxygen atoms in total. The second kappa shape index (κ2) is 14.9. The second-order valence-corrected chi connectivity index (χ2v) is 6.91. The van der Waals surface area contributed by atoms with E-state index in [9.17, 15) is 0 Å². The predicted molar refractivity (Wildman–Crippen MR) is 113 cm³/mol. The van der Waals surface area contributed by atoms with Crippen molar-refractivity contribution in [2.75, 3.05) is 26.2 Å². The van der Waals surface area contributed by atoms with Crippen LogP contribution in [0.25, 0.3) is 10.9 Å². The van der Waals surface area contributed by atoms with Crippen LogP contribution < -0.4 is 11.1 Å². The number of hydrogen-bond acceptors (Lipinski definition) is 4. The summed E-state index contributed by atoms with van der Waals surface area (Å²) in [6.45, 7) is 5.55. The smallest absolute Gasteiger partial charge is 0.0720 e. The molecule has 0 saturated carbocycles. The number of fused-ring (bicyclic) bond motifs is 1. The van der Waals surface area contributed by atoms with Crippen LogP contribution in [0.1, 0.15) is 50.6 Å². The number of para-hydroxylation sites is 1. The van der Waals surface area contributed by atoms with Crippen molar-refractivity contribution >= 4 is 22.5 Å². The number of aliphatic hydroxyl groups is 1. The number of nitrogens with two attached hydrogens (primary N) is 1. The SMILES string of the molecule is C1CCNCC1.Cc1cc(Cl)c2ccccc2n1.NCCCCCCO. The highest BCUT2D eigenvalue weighted by molar-refractivity contribution is 6.35. The molecule has 2 aromatic rings. The first-order valence-corrected chi connectivity index (χ1v) is 10.1. The first-order chi connectivity index (χ1) is 12.7. The van der Waals surface area contributed by atoms with Gasteiger partial charge in [-0.3, -0.25) is 4.98 Å². The fourth-order valence-corrected chi connectivity index (χ4v) is 2.99. The molecule has 1 aliphatic rings. The van der Waals surface area contributed by atoms with Crippen molar-refractivity contribution in [2.45, 2.75) is 51.9 Å². The number of benzene rings is 1. The number of pyridine rings is 1. The van der Waals surface area contributed by atoms with E-state index in [1.807, 2.05) is 37.3 Å². The Morgan fingerprint density at radius 1 is 1.08 bits per heavy atom. The monoisotopic (exact) mass is 379 g/mol. The zero-order valence-corrected chi connectivity index (χ0v) is 16.8. The van der Waals surface area contributed by atoms with Gasteiger partial charge in [-0.05, 0) is 64.4 Å². The summed E-state index contributed by atoms with van der Waals surface area (Å²) in [6, 6.07) is 9.75. The number of piperidine rings is 1. The number of nitrogens with zero attached hydrogens (tertiary/aromatic N) is 1. The van der Waals surface area contributed by atoms with Crippen molar-refractivity contribution in [3.05, 3.63) is 41.0 Å². The molecule has 26 heavy (non-hydrogen) atoms. The molecule has 1 saturated heterocycles.